The first-order valence-electron chi connectivity index (χ1n) is 9.35. The molecule has 0 radical (unpaired) electrons. The molecule has 0 aliphatic carbocycles. The minimum atomic E-state index is -0.0656. The molecule has 2 heteroatoms. The number of para-hydroxylation sites is 1. The van der Waals surface area contributed by atoms with Crippen LogP contribution in [-0.2, 0) is 5.41 Å². The second-order valence-corrected chi connectivity index (χ2v) is 8.42. The number of hydrogen-bond acceptors (Lipinski definition) is 1. The van der Waals surface area contributed by atoms with E-state index in [1.54, 1.807) is 0 Å². The van der Waals surface area contributed by atoms with Gasteiger partial charge in [0.15, 0.2) is 0 Å². The standard InChI is InChI=1S/C25H22NP/c1-25(2)21-9-5-6-10-22(21)26(18-12-14-19(27)15-13-18)23-16-11-17-7-3-4-8-20(17)24(23)25/h3-16H,27H2,1-2H3. The Morgan fingerprint density at radius 3 is 2.22 bits per heavy atom. The molecule has 0 saturated heterocycles. The summed E-state index contributed by atoms with van der Waals surface area (Å²) >= 11 is 0. The van der Waals surface area contributed by atoms with Crippen LogP contribution in [0.4, 0.5) is 17.1 Å². The van der Waals surface area contributed by atoms with E-state index in [-0.39, 0.29) is 5.41 Å². The second-order valence-electron chi connectivity index (χ2n) is 7.75. The second kappa shape index (κ2) is 5.94. The number of hydrogen-bond donors (Lipinski definition) is 0. The average Bonchev–Trinajstić information content (AvgIpc) is 2.69. The molecule has 1 aliphatic heterocycles. The molecule has 1 heterocycles. The van der Waals surface area contributed by atoms with Gasteiger partial charge in [0.05, 0.1) is 11.4 Å². The molecule has 5 rings (SSSR count). The van der Waals surface area contributed by atoms with Gasteiger partial charge in [-0.3, -0.25) is 0 Å². The summed E-state index contributed by atoms with van der Waals surface area (Å²) in [4.78, 5) is 2.41. The molecule has 0 amide bonds. The molecule has 0 fully saturated rings. The maximum absolute atomic E-state index is 2.77. The molecule has 0 saturated carbocycles. The van der Waals surface area contributed by atoms with Crippen molar-refractivity contribution >= 4 is 42.4 Å². The number of rotatable bonds is 1. The van der Waals surface area contributed by atoms with Crippen LogP contribution >= 0.6 is 9.24 Å². The van der Waals surface area contributed by atoms with Crippen LogP contribution in [0.5, 0.6) is 0 Å². The summed E-state index contributed by atoms with van der Waals surface area (Å²) in [6, 6.07) is 30.8. The van der Waals surface area contributed by atoms with Gasteiger partial charge in [0.1, 0.15) is 0 Å². The van der Waals surface area contributed by atoms with Gasteiger partial charge in [-0.15, -0.1) is 9.24 Å². The average molecular weight is 367 g/mol. The van der Waals surface area contributed by atoms with Crippen LogP contribution < -0.4 is 10.2 Å². The lowest BCUT2D eigenvalue weighted by Gasteiger charge is -2.42. The summed E-state index contributed by atoms with van der Waals surface area (Å²) < 4.78 is 0. The third kappa shape index (κ3) is 2.42. The van der Waals surface area contributed by atoms with Crippen molar-refractivity contribution in [3.63, 3.8) is 0 Å². The molecular weight excluding hydrogens is 345 g/mol. The van der Waals surface area contributed by atoms with Crippen LogP contribution in [0.1, 0.15) is 25.0 Å². The highest BCUT2D eigenvalue weighted by atomic mass is 31.0. The fraction of sp³-hybridized carbons (Fsp3) is 0.120. The third-order valence-corrected chi connectivity index (χ3v) is 6.13. The Morgan fingerprint density at radius 2 is 1.41 bits per heavy atom. The molecule has 27 heavy (non-hydrogen) atoms. The largest absolute Gasteiger partial charge is 0.310 e. The van der Waals surface area contributed by atoms with E-state index in [1.807, 2.05) is 0 Å². The molecule has 0 bridgehead atoms. The van der Waals surface area contributed by atoms with Crippen molar-refractivity contribution in [2.45, 2.75) is 19.3 Å². The van der Waals surface area contributed by atoms with Gasteiger partial charge in [-0.05, 0) is 51.5 Å². The lowest BCUT2D eigenvalue weighted by Crippen LogP contribution is -2.30. The van der Waals surface area contributed by atoms with E-state index >= 15 is 0 Å². The Kier molecular flexibility index (Phi) is 3.64. The van der Waals surface area contributed by atoms with Gasteiger partial charge in [0.25, 0.3) is 0 Å². The van der Waals surface area contributed by atoms with E-state index in [0.717, 1.165) is 0 Å². The third-order valence-electron chi connectivity index (χ3n) is 5.74. The zero-order valence-corrected chi connectivity index (χ0v) is 16.8. The van der Waals surface area contributed by atoms with Gasteiger partial charge in [0.2, 0.25) is 0 Å². The van der Waals surface area contributed by atoms with Gasteiger partial charge in [-0.2, -0.15) is 0 Å². The van der Waals surface area contributed by atoms with E-state index in [4.69, 9.17) is 0 Å². The number of anilines is 3. The summed E-state index contributed by atoms with van der Waals surface area (Å²) in [5.41, 5.74) is 6.43. The van der Waals surface area contributed by atoms with Crippen molar-refractivity contribution in [3.8, 4) is 0 Å². The highest BCUT2D eigenvalue weighted by Gasteiger charge is 2.37. The van der Waals surface area contributed by atoms with E-state index in [2.05, 4.69) is 113 Å². The van der Waals surface area contributed by atoms with Crippen molar-refractivity contribution in [1.29, 1.82) is 0 Å². The normalized spacial score (nSPS) is 14.7. The maximum atomic E-state index is 2.77. The first-order chi connectivity index (χ1) is 13.1. The number of nitrogens with zero attached hydrogens (tertiary/aromatic N) is 1. The molecule has 1 atom stereocenters. The Labute approximate surface area is 162 Å². The zero-order chi connectivity index (χ0) is 18.6. The van der Waals surface area contributed by atoms with Crippen LogP contribution in [0.25, 0.3) is 10.8 Å². The summed E-state index contributed by atoms with van der Waals surface area (Å²) in [6.07, 6.45) is 0. The molecule has 0 aromatic heterocycles. The summed E-state index contributed by atoms with van der Waals surface area (Å²) in [5, 5.41) is 3.83. The molecule has 1 unspecified atom stereocenters. The highest BCUT2D eigenvalue weighted by Crippen LogP contribution is 2.53. The summed E-state index contributed by atoms with van der Waals surface area (Å²) in [6.45, 7) is 4.69. The SMILES string of the molecule is CC1(C)c2ccccc2N(c2ccc(P)cc2)c2ccc3ccccc3c21. The number of fused-ring (bicyclic) bond motifs is 4. The first-order valence-corrected chi connectivity index (χ1v) is 9.92. The van der Waals surface area contributed by atoms with Gasteiger partial charge in [-0.25, -0.2) is 0 Å². The summed E-state index contributed by atoms with van der Waals surface area (Å²) in [7, 11) is 2.77. The van der Waals surface area contributed by atoms with E-state index in [9.17, 15) is 0 Å². The molecule has 1 aliphatic rings. The van der Waals surface area contributed by atoms with Crippen molar-refractivity contribution in [2.75, 3.05) is 4.90 Å². The van der Waals surface area contributed by atoms with E-state index in [1.165, 1.54) is 44.3 Å². The fourth-order valence-corrected chi connectivity index (χ4v) is 4.66. The predicted molar refractivity (Wildman–Crippen MR) is 120 cm³/mol. The summed E-state index contributed by atoms with van der Waals surface area (Å²) in [5.74, 6) is 0. The van der Waals surface area contributed by atoms with Crippen molar-refractivity contribution < 1.29 is 0 Å². The van der Waals surface area contributed by atoms with Crippen molar-refractivity contribution in [3.05, 3.63) is 96.1 Å². The van der Waals surface area contributed by atoms with Crippen molar-refractivity contribution in [1.82, 2.24) is 0 Å². The molecule has 4 aromatic carbocycles. The van der Waals surface area contributed by atoms with Crippen LogP contribution in [0, 0.1) is 0 Å². The van der Waals surface area contributed by atoms with E-state index in [0.29, 0.717) is 0 Å². The number of benzene rings is 4. The van der Waals surface area contributed by atoms with E-state index < -0.39 is 0 Å². The maximum Gasteiger partial charge on any atom is 0.0509 e. The topological polar surface area (TPSA) is 3.24 Å². The molecule has 0 spiro atoms. The van der Waals surface area contributed by atoms with Crippen LogP contribution in [0.3, 0.4) is 0 Å². The minimum Gasteiger partial charge on any atom is -0.310 e. The van der Waals surface area contributed by atoms with Crippen molar-refractivity contribution in [2.24, 2.45) is 0 Å². The molecule has 132 valence electrons. The highest BCUT2D eigenvalue weighted by molar-refractivity contribution is 7.27. The van der Waals surface area contributed by atoms with Crippen LogP contribution in [0.15, 0.2) is 84.9 Å². The Bertz CT molecular complexity index is 1160. The van der Waals surface area contributed by atoms with Crippen LogP contribution in [0.2, 0.25) is 0 Å². The molecule has 4 aromatic rings. The van der Waals surface area contributed by atoms with Crippen LogP contribution in [-0.4, -0.2) is 0 Å². The van der Waals surface area contributed by atoms with Gasteiger partial charge >= 0.3 is 0 Å². The Hall–Kier alpha value is -2.63. The predicted octanol–water partition coefficient (Wildman–Crippen LogP) is 6.45. The fourth-order valence-electron chi connectivity index (χ4n) is 4.47. The van der Waals surface area contributed by atoms with Gasteiger partial charge in [0, 0.05) is 11.1 Å². The molecular formula is C25H22NP. The molecule has 0 N–H and O–H groups in total. The zero-order valence-electron chi connectivity index (χ0n) is 15.6. The quantitative estimate of drug-likeness (QED) is 0.350. The van der Waals surface area contributed by atoms with Gasteiger partial charge < -0.3 is 4.90 Å². The monoisotopic (exact) mass is 367 g/mol. The Balaban J connectivity index is 1.89. The Morgan fingerprint density at radius 1 is 0.704 bits per heavy atom. The first kappa shape index (κ1) is 16.5. The lowest BCUT2D eigenvalue weighted by molar-refractivity contribution is 0.638. The minimum absolute atomic E-state index is 0.0656. The smallest absolute Gasteiger partial charge is 0.0509 e. The van der Waals surface area contributed by atoms with Gasteiger partial charge in [-0.1, -0.05) is 74.5 Å². The lowest BCUT2D eigenvalue weighted by atomic mass is 9.72. The molecule has 1 nitrogen and oxygen atoms in total.